The van der Waals surface area contributed by atoms with Gasteiger partial charge in [0.2, 0.25) is 0 Å². The van der Waals surface area contributed by atoms with Gasteiger partial charge in [0.15, 0.2) is 0 Å². The van der Waals surface area contributed by atoms with Gasteiger partial charge in [-0.2, -0.15) is 5.10 Å². The normalized spacial score (nSPS) is 10.5. The van der Waals surface area contributed by atoms with Crippen molar-refractivity contribution in [1.82, 2.24) is 15.1 Å². The van der Waals surface area contributed by atoms with Crippen molar-refractivity contribution in [1.29, 1.82) is 0 Å². The third-order valence-corrected chi connectivity index (χ3v) is 3.12. The number of nitrogens with two attached hydrogens (primary N) is 1. The van der Waals surface area contributed by atoms with Gasteiger partial charge in [0, 0.05) is 31.0 Å². The number of nitrogens with one attached hydrogen (secondary N) is 1. The van der Waals surface area contributed by atoms with Gasteiger partial charge < -0.3 is 11.1 Å². The van der Waals surface area contributed by atoms with E-state index in [4.69, 9.17) is 5.73 Å². The van der Waals surface area contributed by atoms with Crippen LogP contribution < -0.4 is 11.1 Å². The van der Waals surface area contributed by atoms with E-state index in [1.54, 1.807) is 10.7 Å². The first-order valence-corrected chi connectivity index (χ1v) is 6.11. The van der Waals surface area contributed by atoms with E-state index in [1.807, 2.05) is 39.2 Å². The SMILES string of the molecule is Cc1cccc(C(=O)NCc2cn(C)nc2C)c1N. The number of hydrogen-bond donors (Lipinski definition) is 2. The Kier molecular flexibility index (Phi) is 3.55. The summed E-state index contributed by atoms with van der Waals surface area (Å²) in [6.07, 6.45) is 1.90. The number of carbonyl (C=O) groups is 1. The summed E-state index contributed by atoms with van der Waals surface area (Å²) in [6, 6.07) is 5.45. The molecule has 5 nitrogen and oxygen atoms in total. The second-order valence-electron chi connectivity index (χ2n) is 4.63. The molecule has 3 N–H and O–H groups in total. The molecule has 0 atom stereocenters. The summed E-state index contributed by atoms with van der Waals surface area (Å²) in [6.45, 7) is 4.26. The van der Waals surface area contributed by atoms with Gasteiger partial charge in [-0.1, -0.05) is 12.1 Å². The summed E-state index contributed by atoms with van der Waals surface area (Å²) in [5, 5.41) is 7.10. The van der Waals surface area contributed by atoms with Gasteiger partial charge >= 0.3 is 0 Å². The highest BCUT2D eigenvalue weighted by Gasteiger charge is 2.11. The Morgan fingerprint density at radius 2 is 2.16 bits per heavy atom. The number of hydrogen-bond acceptors (Lipinski definition) is 3. The number of carbonyl (C=O) groups excluding carboxylic acids is 1. The fourth-order valence-corrected chi connectivity index (χ4v) is 1.97. The summed E-state index contributed by atoms with van der Waals surface area (Å²) in [7, 11) is 1.86. The van der Waals surface area contributed by atoms with Gasteiger partial charge in [-0.25, -0.2) is 0 Å². The number of amides is 1. The van der Waals surface area contributed by atoms with E-state index in [-0.39, 0.29) is 5.91 Å². The maximum atomic E-state index is 12.1. The predicted molar refractivity (Wildman–Crippen MR) is 74.7 cm³/mol. The van der Waals surface area contributed by atoms with E-state index in [2.05, 4.69) is 10.4 Å². The van der Waals surface area contributed by atoms with Gasteiger partial charge in [0.25, 0.3) is 5.91 Å². The minimum Gasteiger partial charge on any atom is -0.398 e. The monoisotopic (exact) mass is 258 g/mol. The number of nitrogens with zero attached hydrogens (tertiary/aromatic N) is 2. The van der Waals surface area contributed by atoms with Crippen molar-refractivity contribution in [3.05, 3.63) is 46.8 Å². The van der Waals surface area contributed by atoms with E-state index in [0.717, 1.165) is 16.8 Å². The first kappa shape index (κ1) is 13.1. The van der Waals surface area contributed by atoms with Crippen LogP contribution in [0.5, 0.6) is 0 Å². The molecule has 100 valence electrons. The molecule has 0 radical (unpaired) electrons. The molecule has 0 aliphatic heterocycles. The average molecular weight is 258 g/mol. The molecular formula is C14H18N4O. The molecule has 0 aliphatic carbocycles. The van der Waals surface area contributed by atoms with Gasteiger partial charge in [-0.15, -0.1) is 0 Å². The molecule has 0 fully saturated rings. The third kappa shape index (κ3) is 2.76. The third-order valence-electron chi connectivity index (χ3n) is 3.12. The Labute approximate surface area is 112 Å². The van der Waals surface area contributed by atoms with Crippen LogP contribution >= 0.6 is 0 Å². The predicted octanol–water partition coefficient (Wildman–Crippen LogP) is 1.55. The van der Waals surface area contributed by atoms with Crippen LogP contribution in [0.2, 0.25) is 0 Å². The quantitative estimate of drug-likeness (QED) is 0.820. The molecular weight excluding hydrogens is 240 g/mol. The number of benzene rings is 1. The van der Waals surface area contributed by atoms with Crippen LogP contribution in [0.4, 0.5) is 5.69 Å². The van der Waals surface area contributed by atoms with Crippen molar-refractivity contribution in [3.8, 4) is 0 Å². The number of nitrogen functional groups attached to an aromatic ring is 1. The molecule has 0 saturated carbocycles. The van der Waals surface area contributed by atoms with E-state index >= 15 is 0 Å². The van der Waals surface area contributed by atoms with Crippen molar-refractivity contribution < 1.29 is 4.79 Å². The number of rotatable bonds is 3. The van der Waals surface area contributed by atoms with Crippen LogP contribution in [-0.2, 0) is 13.6 Å². The second kappa shape index (κ2) is 5.14. The zero-order valence-corrected chi connectivity index (χ0v) is 11.4. The molecule has 19 heavy (non-hydrogen) atoms. The highest BCUT2D eigenvalue weighted by molar-refractivity contribution is 5.99. The molecule has 1 heterocycles. The fourth-order valence-electron chi connectivity index (χ4n) is 1.97. The lowest BCUT2D eigenvalue weighted by Crippen LogP contribution is -2.24. The molecule has 1 aromatic carbocycles. The summed E-state index contributed by atoms with van der Waals surface area (Å²) in [4.78, 5) is 12.1. The average Bonchev–Trinajstić information content (AvgIpc) is 2.68. The molecule has 1 aromatic heterocycles. The lowest BCUT2D eigenvalue weighted by molar-refractivity contribution is 0.0951. The molecule has 0 bridgehead atoms. The van der Waals surface area contributed by atoms with E-state index in [0.29, 0.717) is 17.8 Å². The number of aryl methyl sites for hydroxylation is 3. The van der Waals surface area contributed by atoms with Crippen LogP contribution in [0.1, 0.15) is 27.2 Å². The van der Waals surface area contributed by atoms with Crippen LogP contribution in [0.25, 0.3) is 0 Å². The molecule has 0 unspecified atom stereocenters. The summed E-state index contributed by atoms with van der Waals surface area (Å²) < 4.78 is 1.73. The van der Waals surface area contributed by atoms with E-state index < -0.39 is 0 Å². The number of aromatic nitrogens is 2. The summed E-state index contributed by atoms with van der Waals surface area (Å²) in [5.41, 5.74) is 9.78. The molecule has 1 amide bonds. The highest BCUT2D eigenvalue weighted by Crippen LogP contribution is 2.16. The van der Waals surface area contributed by atoms with Gasteiger partial charge in [0.1, 0.15) is 0 Å². The Balaban J connectivity index is 2.10. The maximum Gasteiger partial charge on any atom is 0.253 e. The topological polar surface area (TPSA) is 72.9 Å². The highest BCUT2D eigenvalue weighted by atomic mass is 16.1. The van der Waals surface area contributed by atoms with Crippen LogP contribution in [0, 0.1) is 13.8 Å². The van der Waals surface area contributed by atoms with Crippen molar-refractivity contribution in [2.45, 2.75) is 20.4 Å². The van der Waals surface area contributed by atoms with Crippen molar-refractivity contribution in [2.75, 3.05) is 5.73 Å². The molecule has 0 saturated heterocycles. The Hall–Kier alpha value is -2.30. The van der Waals surface area contributed by atoms with Crippen molar-refractivity contribution in [2.24, 2.45) is 7.05 Å². The second-order valence-corrected chi connectivity index (χ2v) is 4.63. The van der Waals surface area contributed by atoms with Crippen LogP contribution in [-0.4, -0.2) is 15.7 Å². The van der Waals surface area contributed by atoms with Crippen molar-refractivity contribution in [3.63, 3.8) is 0 Å². The Morgan fingerprint density at radius 3 is 2.79 bits per heavy atom. The molecule has 2 aromatic rings. The molecule has 0 spiro atoms. The first-order chi connectivity index (χ1) is 8.99. The van der Waals surface area contributed by atoms with E-state index in [1.165, 1.54) is 0 Å². The largest absolute Gasteiger partial charge is 0.398 e. The lowest BCUT2D eigenvalue weighted by Gasteiger charge is -2.08. The molecule has 0 aliphatic rings. The number of anilines is 1. The summed E-state index contributed by atoms with van der Waals surface area (Å²) >= 11 is 0. The zero-order chi connectivity index (χ0) is 14.0. The first-order valence-electron chi connectivity index (χ1n) is 6.11. The molecule has 5 heteroatoms. The zero-order valence-electron chi connectivity index (χ0n) is 11.4. The van der Waals surface area contributed by atoms with Crippen molar-refractivity contribution >= 4 is 11.6 Å². The minimum atomic E-state index is -0.163. The maximum absolute atomic E-state index is 12.1. The minimum absolute atomic E-state index is 0.163. The van der Waals surface area contributed by atoms with Crippen LogP contribution in [0.15, 0.2) is 24.4 Å². The van der Waals surface area contributed by atoms with Crippen LogP contribution in [0.3, 0.4) is 0 Å². The van der Waals surface area contributed by atoms with Gasteiger partial charge in [-0.05, 0) is 25.5 Å². The fraction of sp³-hybridized carbons (Fsp3) is 0.286. The Morgan fingerprint density at radius 1 is 1.42 bits per heavy atom. The lowest BCUT2D eigenvalue weighted by atomic mass is 10.1. The van der Waals surface area contributed by atoms with Gasteiger partial charge in [0.05, 0.1) is 11.3 Å². The Bertz CT molecular complexity index is 616. The summed E-state index contributed by atoms with van der Waals surface area (Å²) in [5.74, 6) is -0.163. The molecule has 2 rings (SSSR count). The van der Waals surface area contributed by atoms with Gasteiger partial charge in [-0.3, -0.25) is 9.48 Å². The smallest absolute Gasteiger partial charge is 0.253 e. The number of para-hydroxylation sites is 1. The standard InChI is InChI=1S/C14H18N4O/c1-9-5-4-6-12(13(9)15)14(19)16-7-11-8-18(3)17-10(11)2/h4-6,8H,7,15H2,1-3H3,(H,16,19). The van der Waals surface area contributed by atoms with E-state index in [9.17, 15) is 4.79 Å².